The third-order valence-corrected chi connectivity index (χ3v) is 5.87. The smallest absolute Gasteiger partial charge is 0.297 e. The van der Waals surface area contributed by atoms with E-state index in [-0.39, 0.29) is 23.0 Å². The van der Waals surface area contributed by atoms with Crippen LogP contribution < -0.4 is 0 Å². The van der Waals surface area contributed by atoms with E-state index in [9.17, 15) is 13.2 Å². The Kier molecular flexibility index (Phi) is 3.21. The highest BCUT2D eigenvalue weighted by Crippen LogP contribution is 2.45. The van der Waals surface area contributed by atoms with Gasteiger partial charge in [-0.2, -0.15) is 8.42 Å². The molecule has 0 saturated heterocycles. The van der Waals surface area contributed by atoms with Gasteiger partial charge in [0.25, 0.3) is 10.1 Å². The predicted octanol–water partition coefficient (Wildman–Crippen LogP) is 2.60. The number of carbonyl (C=O) groups excluding carboxylic acids is 1. The van der Waals surface area contributed by atoms with Crippen molar-refractivity contribution in [3.05, 3.63) is 29.8 Å². The van der Waals surface area contributed by atoms with Crippen molar-refractivity contribution in [2.24, 2.45) is 5.92 Å². The van der Waals surface area contributed by atoms with Gasteiger partial charge in [0.1, 0.15) is 5.78 Å². The molecule has 0 radical (unpaired) electrons. The monoisotopic (exact) mass is 294 g/mol. The van der Waals surface area contributed by atoms with Gasteiger partial charge in [-0.25, -0.2) is 0 Å². The summed E-state index contributed by atoms with van der Waals surface area (Å²) in [5, 5.41) is 0. The molecule has 0 N–H and O–H groups in total. The molecule has 20 heavy (non-hydrogen) atoms. The fourth-order valence-corrected chi connectivity index (χ4v) is 4.46. The first-order valence-electron chi connectivity index (χ1n) is 6.95. The van der Waals surface area contributed by atoms with Crippen LogP contribution in [0, 0.1) is 12.8 Å². The summed E-state index contributed by atoms with van der Waals surface area (Å²) in [6.07, 6.45) is 3.07. The minimum atomic E-state index is -3.80. The second-order valence-corrected chi connectivity index (χ2v) is 7.50. The maximum Gasteiger partial charge on any atom is 0.297 e. The molecule has 3 saturated carbocycles. The Balaban J connectivity index is 1.86. The second kappa shape index (κ2) is 4.67. The molecule has 0 heterocycles. The van der Waals surface area contributed by atoms with E-state index in [4.69, 9.17) is 4.18 Å². The average Bonchev–Trinajstić information content (AvgIpc) is 2.39. The zero-order valence-electron chi connectivity index (χ0n) is 11.5. The van der Waals surface area contributed by atoms with Crippen LogP contribution in [0.5, 0.6) is 0 Å². The van der Waals surface area contributed by atoms with E-state index in [1.165, 1.54) is 0 Å². The minimum Gasteiger partial charge on any atom is -0.299 e. The number of aryl methyl sites for hydroxylation is 1. The molecule has 4 nitrogen and oxygen atoms in total. The van der Waals surface area contributed by atoms with Crippen LogP contribution in [0.25, 0.3) is 0 Å². The van der Waals surface area contributed by atoms with Gasteiger partial charge in [-0.3, -0.25) is 8.98 Å². The number of benzene rings is 1. The lowest BCUT2D eigenvalue weighted by atomic mass is 9.67. The summed E-state index contributed by atoms with van der Waals surface area (Å²) in [4.78, 5) is 12.0. The highest BCUT2D eigenvalue weighted by molar-refractivity contribution is 7.86. The van der Waals surface area contributed by atoms with Gasteiger partial charge in [-0.05, 0) is 44.7 Å². The first-order valence-corrected chi connectivity index (χ1v) is 8.36. The van der Waals surface area contributed by atoms with E-state index in [2.05, 4.69) is 0 Å². The summed E-state index contributed by atoms with van der Waals surface area (Å²) >= 11 is 0. The first-order chi connectivity index (χ1) is 9.40. The first kappa shape index (κ1) is 13.8. The maximum absolute atomic E-state index is 12.4. The van der Waals surface area contributed by atoms with Gasteiger partial charge < -0.3 is 0 Å². The predicted molar refractivity (Wildman–Crippen MR) is 73.8 cm³/mol. The topological polar surface area (TPSA) is 60.4 Å². The lowest BCUT2D eigenvalue weighted by molar-refractivity contribution is -0.138. The third kappa shape index (κ3) is 2.40. The van der Waals surface area contributed by atoms with Crippen molar-refractivity contribution in [1.82, 2.24) is 0 Å². The normalized spacial score (nSPS) is 29.6. The van der Waals surface area contributed by atoms with Crippen LogP contribution >= 0.6 is 0 Å². The molecule has 0 atom stereocenters. The highest BCUT2D eigenvalue weighted by atomic mass is 32.2. The van der Waals surface area contributed by atoms with Crippen molar-refractivity contribution in [2.75, 3.05) is 0 Å². The molecule has 0 aliphatic heterocycles. The quantitative estimate of drug-likeness (QED) is 0.804. The van der Waals surface area contributed by atoms with Crippen molar-refractivity contribution in [2.45, 2.75) is 49.5 Å². The lowest BCUT2D eigenvalue weighted by Gasteiger charge is -2.44. The van der Waals surface area contributed by atoms with Crippen LogP contribution in [-0.4, -0.2) is 19.8 Å². The van der Waals surface area contributed by atoms with Gasteiger partial charge in [0, 0.05) is 12.3 Å². The Morgan fingerprint density at radius 2 is 1.75 bits per heavy atom. The highest BCUT2D eigenvalue weighted by Gasteiger charge is 2.48. The van der Waals surface area contributed by atoms with Crippen molar-refractivity contribution >= 4 is 15.9 Å². The van der Waals surface area contributed by atoms with Crippen LogP contribution in [-0.2, 0) is 19.1 Å². The van der Waals surface area contributed by atoms with Crippen LogP contribution in [0.2, 0.25) is 0 Å². The van der Waals surface area contributed by atoms with Crippen LogP contribution in [0.3, 0.4) is 0 Å². The van der Waals surface area contributed by atoms with Crippen LogP contribution in [0.15, 0.2) is 29.2 Å². The molecule has 4 rings (SSSR count). The van der Waals surface area contributed by atoms with E-state index in [0.29, 0.717) is 12.8 Å². The fraction of sp³-hybridized carbons (Fsp3) is 0.533. The molecule has 0 spiro atoms. The molecule has 108 valence electrons. The zero-order valence-corrected chi connectivity index (χ0v) is 12.3. The summed E-state index contributed by atoms with van der Waals surface area (Å²) < 4.78 is 30.2. The number of carbonyl (C=O) groups is 1. The molecular weight excluding hydrogens is 276 g/mol. The molecule has 3 aliphatic rings. The molecule has 0 aromatic heterocycles. The Morgan fingerprint density at radius 3 is 2.30 bits per heavy atom. The SMILES string of the molecule is Cc1ccc(S(=O)(=O)OC23CCC(CC2)C(=O)C3)cc1. The van der Waals surface area contributed by atoms with Gasteiger partial charge in [-0.15, -0.1) is 0 Å². The molecule has 3 aliphatic carbocycles. The maximum atomic E-state index is 12.4. The van der Waals surface area contributed by atoms with Crippen LogP contribution in [0.1, 0.15) is 37.7 Å². The van der Waals surface area contributed by atoms with E-state index < -0.39 is 15.7 Å². The summed E-state index contributed by atoms with van der Waals surface area (Å²) in [6.45, 7) is 1.90. The lowest BCUT2D eigenvalue weighted by Crippen LogP contribution is -2.48. The molecule has 1 aromatic rings. The van der Waals surface area contributed by atoms with Crippen molar-refractivity contribution in [1.29, 1.82) is 0 Å². The molecular formula is C15H18O4S. The van der Waals surface area contributed by atoms with Crippen molar-refractivity contribution in [3.8, 4) is 0 Å². The average molecular weight is 294 g/mol. The molecule has 3 fully saturated rings. The summed E-state index contributed by atoms with van der Waals surface area (Å²) in [6, 6.07) is 6.60. The van der Waals surface area contributed by atoms with Crippen molar-refractivity contribution < 1.29 is 17.4 Å². The van der Waals surface area contributed by atoms with Gasteiger partial charge in [0.05, 0.1) is 10.5 Å². The Labute approximate surface area is 119 Å². The van der Waals surface area contributed by atoms with E-state index in [1.54, 1.807) is 24.3 Å². The van der Waals surface area contributed by atoms with Crippen LogP contribution in [0.4, 0.5) is 0 Å². The molecule has 0 unspecified atom stereocenters. The van der Waals surface area contributed by atoms with E-state index >= 15 is 0 Å². The fourth-order valence-electron chi connectivity index (χ4n) is 3.20. The minimum absolute atomic E-state index is 0.127. The number of fused-ring (bicyclic) bond motifs is 3. The van der Waals surface area contributed by atoms with E-state index in [0.717, 1.165) is 18.4 Å². The summed E-state index contributed by atoms with van der Waals surface area (Å²) in [7, 11) is -3.80. The number of rotatable bonds is 3. The zero-order chi connectivity index (χ0) is 14.4. The standard InChI is InChI=1S/C15H18O4S/c1-11-2-4-13(5-3-11)20(17,18)19-15-8-6-12(7-9-15)14(16)10-15/h2-5,12H,6-10H2,1H3. The number of hydrogen-bond donors (Lipinski definition) is 0. The Hall–Kier alpha value is -1.20. The Bertz CT molecular complexity index is 622. The summed E-state index contributed by atoms with van der Waals surface area (Å²) in [5.41, 5.74) is 0.200. The van der Waals surface area contributed by atoms with Gasteiger partial charge in [0.2, 0.25) is 0 Å². The number of Topliss-reactive ketones (excluding diaryl/α,β-unsaturated/α-hetero) is 1. The number of hydrogen-bond acceptors (Lipinski definition) is 4. The van der Waals surface area contributed by atoms with E-state index in [1.807, 2.05) is 6.92 Å². The summed E-state index contributed by atoms with van der Waals surface area (Å²) in [5.74, 6) is 0.282. The molecule has 1 aromatic carbocycles. The van der Waals surface area contributed by atoms with Gasteiger partial charge in [-0.1, -0.05) is 17.7 Å². The molecule has 0 amide bonds. The largest absolute Gasteiger partial charge is 0.299 e. The molecule has 2 bridgehead atoms. The second-order valence-electron chi connectivity index (χ2n) is 5.95. The van der Waals surface area contributed by atoms with Crippen molar-refractivity contribution in [3.63, 3.8) is 0 Å². The third-order valence-electron chi connectivity index (χ3n) is 4.44. The Morgan fingerprint density at radius 1 is 1.15 bits per heavy atom. The van der Waals surface area contributed by atoms with Gasteiger partial charge in [0.15, 0.2) is 0 Å². The number of ketones is 1. The molecule has 5 heteroatoms. The van der Waals surface area contributed by atoms with Gasteiger partial charge >= 0.3 is 0 Å².